The van der Waals surface area contributed by atoms with Crippen LogP contribution in [0.3, 0.4) is 0 Å². The van der Waals surface area contributed by atoms with E-state index in [1.165, 1.54) is 0 Å². The molecule has 2 aromatic carbocycles. The van der Waals surface area contributed by atoms with Crippen LogP contribution in [0.15, 0.2) is 41.4 Å². The normalized spacial score (nSPS) is 18.4. The lowest BCUT2D eigenvalue weighted by molar-refractivity contribution is 0.355. The molecule has 0 bridgehead atoms. The highest BCUT2D eigenvalue weighted by Crippen LogP contribution is 2.50. The van der Waals surface area contributed by atoms with Crippen LogP contribution in [0.1, 0.15) is 17.9 Å². The van der Waals surface area contributed by atoms with Crippen molar-refractivity contribution in [3.63, 3.8) is 0 Å². The zero-order valence-corrected chi connectivity index (χ0v) is 18.9. The fraction of sp³-hybridized carbons (Fsp3) is 0.316. The highest BCUT2D eigenvalue weighted by molar-refractivity contribution is 14.0. The number of aliphatic imine (C=N–C) groups is 1. The number of nitrogens with two attached hydrogens (primary N) is 1. The van der Waals surface area contributed by atoms with Crippen LogP contribution in [0.25, 0.3) is 0 Å². The number of benzene rings is 2. The van der Waals surface area contributed by atoms with Gasteiger partial charge in [0.2, 0.25) is 0 Å². The average molecular weight is 522 g/mol. The first-order chi connectivity index (χ1) is 12.5. The van der Waals surface area contributed by atoms with Crippen molar-refractivity contribution in [1.29, 1.82) is 0 Å². The summed E-state index contributed by atoms with van der Waals surface area (Å²) < 4.78 is 10.5. The molecule has 2 aromatic rings. The van der Waals surface area contributed by atoms with Gasteiger partial charge in [0.25, 0.3) is 0 Å². The van der Waals surface area contributed by atoms with Crippen molar-refractivity contribution < 1.29 is 9.47 Å². The number of rotatable bonds is 6. The molecule has 1 fully saturated rings. The standard InChI is InChI=1S/C19H21Cl2N3O2.HI/c1-25-17-6-4-13(9-18(17)26-2)24-19(22)23-10-11-7-15(11)14-5-3-12(20)8-16(14)21;/h3-6,8-9,11,15H,7,10H2,1-2H3,(H3,22,23,24);1H. The molecule has 0 heterocycles. The summed E-state index contributed by atoms with van der Waals surface area (Å²) in [6, 6.07) is 11.1. The first-order valence-electron chi connectivity index (χ1n) is 8.25. The Hall–Kier alpha value is -1.38. The maximum Gasteiger partial charge on any atom is 0.193 e. The zero-order chi connectivity index (χ0) is 18.7. The largest absolute Gasteiger partial charge is 0.493 e. The topological polar surface area (TPSA) is 68.9 Å². The summed E-state index contributed by atoms with van der Waals surface area (Å²) in [4.78, 5) is 4.44. The smallest absolute Gasteiger partial charge is 0.193 e. The van der Waals surface area contributed by atoms with E-state index in [1.807, 2.05) is 30.3 Å². The van der Waals surface area contributed by atoms with Gasteiger partial charge in [-0.2, -0.15) is 0 Å². The van der Waals surface area contributed by atoms with Crippen LogP contribution in [0.4, 0.5) is 5.69 Å². The second-order valence-electron chi connectivity index (χ2n) is 6.19. The molecule has 27 heavy (non-hydrogen) atoms. The Balaban J connectivity index is 0.00000261. The van der Waals surface area contributed by atoms with E-state index in [2.05, 4.69) is 10.3 Å². The van der Waals surface area contributed by atoms with Crippen LogP contribution in [0, 0.1) is 5.92 Å². The van der Waals surface area contributed by atoms with Crippen molar-refractivity contribution in [2.24, 2.45) is 16.6 Å². The van der Waals surface area contributed by atoms with Crippen molar-refractivity contribution in [3.05, 3.63) is 52.0 Å². The molecule has 3 N–H and O–H groups in total. The maximum atomic E-state index is 6.27. The average Bonchev–Trinajstić information content (AvgIpc) is 3.39. The molecule has 1 saturated carbocycles. The first kappa shape index (κ1) is 21.9. The Morgan fingerprint density at radius 1 is 1.15 bits per heavy atom. The van der Waals surface area contributed by atoms with Gasteiger partial charge in [0.1, 0.15) is 0 Å². The van der Waals surface area contributed by atoms with Gasteiger partial charge in [0.05, 0.1) is 14.2 Å². The molecule has 1 aliphatic rings. The molecular weight excluding hydrogens is 500 g/mol. The molecule has 5 nitrogen and oxygen atoms in total. The van der Waals surface area contributed by atoms with Crippen LogP contribution in [0.2, 0.25) is 10.0 Å². The van der Waals surface area contributed by atoms with E-state index in [-0.39, 0.29) is 24.0 Å². The zero-order valence-electron chi connectivity index (χ0n) is 15.0. The number of guanidine groups is 1. The van der Waals surface area contributed by atoms with Gasteiger partial charge in [0.15, 0.2) is 17.5 Å². The van der Waals surface area contributed by atoms with Crippen LogP contribution < -0.4 is 20.5 Å². The lowest BCUT2D eigenvalue weighted by Crippen LogP contribution is -2.23. The third kappa shape index (κ3) is 5.56. The third-order valence-electron chi connectivity index (χ3n) is 4.44. The van der Waals surface area contributed by atoms with Gasteiger partial charge in [-0.05, 0) is 48.1 Å². The second kappa shape index (κ2) is 9.71. The fourth-order valence-corrected chi connectivity index (χ4v) is 3.50. The molecule has 146 valence electrons. The summed E-state index contributed by atoms with van der Waals surface area (Å²) >= 11 is 12.2. The predicted octanol–water partition coefficient (Wildman–Crippen LogP) is 5.16. The monoisotopic (exact) mass is 521 g/mol. The molecule has 0 radical (unpaired) electrons. The predicted molar refractivity (Wildman–Crippen MR) is 122 cm³/mol. The minimum absolute atomic E-state index is 0. The van der Waals surface area contributed by atoms with E-state index in [1.54, 1.807) is 20.3 Å². The molecule has 1 aliphatic carbocycles. The molecule has 0 amide bonds. The Morgan fingerprint density at radius 2 is 1.89 bits per heavy atom. The van der Waals surface area contributed by atoms with Crippen molar-refractivity contribution in [3.8, 4) is 11.5 Å². The van der Waals surface area contributed by atoms with Gasteiger partial charge >= 0.3 is 0 Å². The van der Waals surface area contributed by atoms with Gasteiger partial charge in [-0.25, -0.2) is 0 Å². The van der Waals surface area contributed by atoms with Gasteiger partial charge in [0, 0.05) is 28.3 Å². The van der Waals surface area contributed by atoms with Crippen molar-refractivity contribution in [1.82, 2.24) is 0 Å². The van der Waals surface area contributed by atoms with Crippen LogP contribution in [-0.4, -0.2) is 26.7 Å². The van der Waals surface area contributed by atoms with E-state index in [4.69, 9.17) is 38.4 Å². The fourth-order valence-electron chi connectivity index (χ4n) is 2.95. The minimum atomic E-state index is 0. The number of anilines is 1. The molecule has 2 unspecified atom stereocenters. The van der Waals surface area contributed by atoms with Crippen molar-refractivity contribution in [2.45, 2.75) is 12.3 Å². The van der Waals surface area contributed by atoms with E-state index < -0.39 is 0 Å². The van der Waals surface area contributed by atoms with E-state index in [0.717, 1.165) is 17.7 Å². The molecule has 3 rings (SSSR count). The number of nitrogens with zero attached hydrogens (tertiary/aromatic N) is 1. The number of ether oxygens (including phenoxy) is 2. The quantitative estimate of drug-likeness (QED) is 0.313. The van der Waals surface area contributed by atoms with Gasteiger partial charge in [-0.15, -0.1) is 24.0 Å². The summed E-state index contributed by atoms with van der Waals surface area (Å²) in [6.45, 7) is 0.649. The van der Waals surface area contributed by atoms with Gasteiger partial charge < -0.3 is 20.5 Å². The van der Waals surface area contributed by atoms with Crippen molar-refractivity contribution >= 4 is 58.8 Å². The Labute approximate surface area is 186 Å². The van der Waals surface area contributed by atoms with Gasteiger partial charge in [-0.3, -0.25) is 4.99 Å². The van der Waals surface area contributed by atoms with Gasteiger partial charge in [-0.1, -0.05) is 29.3 Å². The van der Waals surface area contributed by atoms with E-state index in [0.29, 0.717) is 45.9 Å². The SMILES string of the molecule is COc1ccc(NC(N)=NCC2CC2c2ccc(Cl)cc2Cl)cc1OC.I. The summed E-state index contributed by atoms with van der Waals surface area (Å²) in [5, 5.41) is 4.44. The first-order valence-corrected chi connectivity index (χ1v) is 9.01. The second-order valence-corrected chi connectivity index (χ2v) is 7.03. The number of halogens is 3. The summed E-state index contributed by atoms with van der Waals surface area (Å²) in [6.07, 6.45) is 1.05. The molecule has 2 atom stereocenters. The number of methoxy groups -OCH3 is 2. The summed E-state index contributed by atoms with van der Waals surface area (Å²) in [5.41, 5.74) is 7.92. The number of hydrogen-bond acceptors (Lipinski definition) is 3. The lowest BCUT2D eigenvalue weighted by atomic mass is 10.1. The molecule has 0 aromatic heterocycles. The lowest BCUT2D eigenvalue weighted by Gasteiger charge is -2.11. The Morgan fingerprint density at radius 3 is 2.56 bits per heavy atom. The van der Waals surface area contributed by atoms with Crippen molar-refractivity contribution in [2.75, 3.05) is 26.1 Å². The minimum Gasteiger partial charge on any atom is -0.493 e. The van der Waals surface area contributed by atoms with E-state index in [9.17, 15) is 0 Å². The maximum absolute atomic E-state index is 6.27. The van der Waals surface area contributed by atoms with E-state index >= 15 is 0 Å². The highest BCUT2D eigenvalue weighted by atomic mass is 127. The summed E-state index contributed by atoms with van der Waals surface area (Å²) in [7, 11) is 3.19. The summed E-state index contributed by atoms with van der Waals surface area (Å²) in [5.74, 6) is 2.51. The third-order valence-corrected chi connectivity index (χ3v) is 5.00. The Bertz CT molecular complexity index is 833. The highest BCUT2D eigenvalue weighted by Gasteiger charge is 2.39. The Kier molecular flexibility index (Phi) is 7.88. The van der Waals surface area contributed by atoms with Crippen LogP contribution in [0.5, 0.6) is 11.5 Å². The number of hydrogen-bond donors (Lipinski definition) is 2. The van der Waals surface area contributed by atoms with Crippen LogP contribution in [-0.2, 0) is 0 Å². The van der Waals surface area contributed by atoms with Crippen LogP contribution >= 0.6 is 47.2 Å². The molecule has 0 spiro atoms. The number of nitrogens with one attached hydrogen (secondary N) is 1. The molecule has 0 aliphatic heterocycles. The molecule has 0 saturated heterocycles. The molecule has 8 heteroatoms. The molecular formula is C19H22Cl2IN3O2.